The summed E-state index contributed by atoms with van der Waals surface area (Å²) < 4.78 is 6.94. The molecule has 4 aromatic rings. The molecule has 4 rings (SSSR count). The first-order valence-corrected chi connectivity index (χ1v) is 10.3. The van der Waals surface area contributed by atoms with Crippen molar-refractivity contribution in [2.45, 2.75) is 13.3 Å². The minimum absolute atomic E-state index is 0.305. The van der Waals surface area contributed by atoms with E-state index in [1.807, 2.05) is 60.8 Å². The molecule has 2 heterocycles. The van der Waals surface area contributed by atoms with Crippen LogP contribution in [0.15, 0.2) is 73.1 Å². The lowest BCUT2D eigenvalue weighted by atomic mass is 10.1. The smallest absolute Gasteiger partial charge is 0.341 e. The number of hydrogen-bond acceptors (Lipinski definition) is 5. The molecule has 6 heteroatoms. The number of carbonyl (C=O) groups excluding carboxylic acids is 1. The SMILES string of the molecule is CCOC(=O)c1cnc2c(cnn2/C=C/c2ccccc2)c1NCCc1ccccc1. The van der Waals surface area contributed by atoms with Crippen LogP contribution in [-0.2, 0) is 11.2 Å². The lowest BCUT2D eigenvalue weighted by Crippen LogP contribution is -2.13. The molecule has 0 fully saturated rings. The topological polar surface area (TPSA) is 69.0 Å². The molecule has 2 aromatic carbocycles. The summed E-state index contributed by atoms with van der Waals surface area (Å²) in [6, 6.07) is 20.2. The van der Waals surface area contributed by atoms with Gasteiger partial charge < -0.3 is 10.1 Å². The number of aromatic nitrogens is 3. The average molecular weight is 412 g/mol. The van der Waals surface area contributed by atoms with Gasteiger partial charge in [-0.25, -0.2) is 14.5 Å². The standard InChI is InChI=1S/C25H24N4O2/c1-2-31-25(30)22-17-27-24-21(23(22)26-15-13-19-9-5-3-6-10-19)18-28-29(24)16-14-20-11-7-4-8-12-20/h3-12,14,16-18H,2,13,15H2,1H3,(H,26,27)/b16-14+. The van der Waals surface area contributed by atoms with Crippen molar-refractivity contribution in [3.63, 3.8) is 0 Å². The second kappa shape index (κ2) is 9.71. The van der Waals surface area contributed by atoms with Crippen molar-refractivity contribution in [3.05, 3.63) is 89.7 Å². The van der Waals surface area contributed by atoms with Crippen LogP contribution in [0.3, 0.4) is 0 Å². The fourth-order valence-corrected chi connectivity index (χ4v) is 3.36. The molecule has 2 aromatic heterocycles. The fourth-order valence-electron chi connectivity index (χ4n) is 3.36. The third-order valence-corrected chi connectivity index (χ3v) is 4.89. The van der Waals surface area contributed by atoms with Gasteiger partial charge >= 0.3 is 5.97 Å². The number of hydrogen-bond donors (Lipinski definition) is 1. The van der Waals surface area contributed by atoms with Gasteiger partial charge in [0.2, 0.25) is 0 Å². The number of fused-ring (bicyclic) bond motifs is 1. The zero-order chi connectivity index (χ0) is 21.5. The van der Waals surface area contributed by atoms with Gasteiger partial charge in [-0.1, -0.05) is 60.7 Å². The number of pyridine rings is 1. The van der Waals surface area contributed by atoms with Gasteiger partial charge in [-0.2, -0.15) is 5.10 Å². The Morgan fingerprint density at radius 2 is 1.81 bits per heavy atom. The van der Waals surface area contributed by atoms with Crippen LogP contribution in [0.1, 0.15) is 28.4 Å². The van der Waals surface area contributed by atoms with E-state index in [4.69, 9.17) is 4.74 Å². The summed E-state index contributed by atoms with van der Waals surface area (Å²) in [6.45, 7) is 2.76. The Hall–Kier alpha value is -3.93. The van der Waals surface area contributed by atoms with Crippen LogP contribution in [0, 0.1) is 0 Å². The van der Waals surface area contributed by atoms with Crippen LogP contribution in [0.4, 0.5) is 5.69 Å². The number of nitrogens with one attached hydrogen (secondary N) is 1. The zero-order valence-corrected chi connectivity index (χ0v) is 17.4. The molecule has 0 saturated carbocycles. The molecule has 1 N–H and O–H groups in total. The summed E-state index contributed by atoms with van der Waals surface area (Å²) in [7, 11) is 0. The fraction of sp³-hybridized carbons (Fsp3) is 0.160. The van der Waals surface area contributed by atoms with Gasteiger partial charge in [-0.15, -0.1) is 0 Å². The molecule has 0 spiro atoms. The van der Waals surface area contributed by atoms with E-state index >= 15 is 0 Å². The highest BCUT2D eigenvalue weighted by atomic mass is 16.5. The summed E-state index contributed by atoms with van der Waals surface area (Å²) in [5, 5.41) is 8.65. The monoisotopic (exact) mass is 412 g/mol. The van der Waals surface area contributed by atoms with E-state index < -0.39 is 5.97 Å². The largest absolute Gasteiger partial charge is 0.462 e. The predicted molar refractivity (Wildman–Crippen MR) is 124 cm³/mol. The number of ether oxygens (including phenoxy) is 1. The second-order valence-corrected chi connectivity index (χ2v) is 6.98. The highest BCUT2D eigenvalue weighted by Crippen LogP contribution is 2.27. The Morgan fingerprint density at radius 3 is 2.55 bits per heavy atom. The Kier molecular flexibility index (Phi) is 6.38. The van der Waals surface area contributed by atoms with Gasteiger partial charge in [0.05, 0.1) is 23.9 Å². The zero-order valence-electron chi connectivity index (χ0n) is 17.4. The van der Waals surface area contributed by atoms with Gasteiger partial charge in [0.1, 0.15) is 5.56 Å². The molecule has 156 valence electrons. The predicted octanol–water partition coefficient (Wildman–Crippen LogP) is 4.89. The van der Waals surface area contributed by atoms with Crippen LogP contribution in [0.5, 0.6) is 0 Å². The van der Waals surface area contributed by atoms with E-state index in [0.717, 1.165) is 17.4 Å². The molecule has 31 heavy (non-hydrogen) atoms. The van der Waals surface area contributed by atoms with Crippen LogP contribution < -0.4 is 5.32 Å². The number of rotatable bonds is 8. The quantitative estimate of drug-likeness (QED) is 0.417. The summed E-state index contributed by atoms with van der Waals surface area (Å²) in [6.07, 6.45) is 7.94. The molecular formula is C25H24N4O2. The van der Waals surface area contributed by atoms with Crippen LogP contribution in [0.25, 0.3) is 23.3 Å². The van der Waals surface area contributed by atoms with Gasteiger partial charge in [-0.05, 0) is 30.5 Å². The Bertz CT molecular complexity index is 1180. The first kappa shape index (κ1) is 20.3. The van der Waals surface area contributed by atoms with Crippen molar-refractivity contribution < 1.29 is 9.53 Å². The molecule has 0 aliphatic heterocycles. The van der Waals surface area contributed by atoms with Crippen molar-refractivity contribution in [3.8, 4) is 0 Å². The lowest BCUT2D eigenvalue weighted by Gasteiger charge is -2.12. The van der Waals surface area contributed by atoms with Gasteiger partial charge in [0, 0.05) is 18.9 Å². The number of benzene rings is 2. The molecule has 0 amide bonds. The van der Waals surface area contributed by atoms with Gasteiger partial charge in [-0.3, -0.25) is 0 Å². The van der Waals surface area contributed by atoms with E-state index in [0.29, 0.717) is 30.0 Å². The highest BCUT2D eigenvalue weighted by molar-refractivity contribution is 6.04. The van der Waals surface area contributed by atoms with Crippen LogP contribution in [-0.4, -0.2) is 33.9 Å². The normalized spacial score (nSPS) is 11.1. The van der Waals surface area contributed by atoms with Crippen molar-refractivity contribution in [1.82, 2.24) is 14.8 Å². The number of carbonyl (C=O) groups is 1. The van der Waals surface area contributed by atoms with Crippen LogP contribution in [0.2, 0.25) is 0 Å². The first-order chi connectivity index (χ1) is 15.3. The van der Waals surface area contributed by atoms with Crippen molar-refractivity contribution in [2.24, 2.45) is 0 Å². The highest BCUT2D eigenvalue weighted by Gasteiger charge is 2.18. The van der Waals surface area contributed by atoms with Crippen molar-refractivity contribution >= 4 is 35.0 Å². The average Bonchev–Trinajstić information content (AvgIpc) is 3.23. The van der Waals surface area contributed by atoms with Crippen LogP contribution >= 0.6 is 0 Å². The summed E-state index contributed by atoms with van der Waals surface area (Å²) in [5.41, 5.74) is 4.06. The van der Waals surface area contributed by atoms with Gasteiger partial charge in [0.25, 0.3) is 0 Å². The third kappa shape index (κ3) is 4.80. The molecule has 0 atom stereocenters. The van der Waals surface area contributed by atoms with Crippen molar-refractivity contribution in [1.29, 1.82) is 0 Å². The maximum absolute atomic E-state index is 12.5. The molecule has 0 saturated heterocycles. The lowest BCUT2D eigenvalue weighted by molar-refractivity contribution is 0.0527. The number of anilines is 1. The molecule has 0 unspecified atom stereocenters. The molecule has 0 radical (unpaired) electrons. The number of esters is 1. The second-order valence-electron chi connectivity index (χ2n) is 6.98. The maximum Gasteiger partial charge on any atom is 0.341 e. The molecule has 0 aliphatic carbocycles. The molecule has 6 nitrogen and oxygen atoms in total. The molecule has 0 bridgehead atoms. The Morgan fingerprint density at radius 1 is 1.06 bits per heavy atom. The Balaban J connectivity index is 1.64. The Labute approximate surface area is 181 Å². The third-order valence-electron chi connectivity index (χ3n) is 4.89. The van der Waals surface area contributed by atoms with Crippen molar-refractivity contribution in [2.75, 3.05) is 18.5 Å². The van der Waals surface area contributed by atoms with E-state index in [9.17, 15) is 4.79 Å². The number of nitrogens with zero attached hydrogens (tertiary/aromatic N) is 3. The van der Waals surface area contributed by atoms with Gasteiger partial charge in [0.15, 0.2) is 5.65 Å². The van der Waals surface area contributed by atoms with E-state index in [-0.39, 0.29) is 0 Å². The summed E-state index contributed by atoms with van der Waals surface area (Å²) in [5.74, 6) is -0.397. The van der Waals surface area contributed by atoms with E-state index in [1.165, 1.54) is 5.56 Å². The van der Waals surface area contributed by atoms with E-state index in [2.05, 4.69) is 27.5 Å². The maximum atomic E-state index is 12.5. The molecular weight excluding hydrogens is 388 g/mol. The minimum Gasteiger partial charge on any atom is -0.462 e. The molecule has 0 aliphatic rings. The summed E-state index contributed by atoms with van der Waals surface area (Å²) in [4.78, 5) is 17.0. The minimum atomic E-state index is -0.397. The first-order valence-electron chi connectivity index (χ1n) is 10.3. The van der Waals surface area contributed by atoms with E-state index in [1.54, 1.807) is 24.0 Å². The summed E-state index contributed by atoms with van der Waals surface area (Å²) >= 11 is 0.